The van der Waals surface area contributed by atoms with Crippen LogP contribution < -0.4 is 0 Å². The van der Waals surface area contributed by atoms with Crippen molar-refractivity contribution in [3.05, 3.63) is 10.7 Å². The quantitative estimate of drug-likeness (QED) is 0.653. The number of piperidine rings is 1. The molecular formula is C13H18N2O2W. The fourth-order valence-corrected chi connectivity index (χ4v) is 4.21. The molecule has 3 aliphatic rings. The smallest absolute Gasteiger partial charge is 0.828 e. The van der Waals surface area contributed by atoms with Gasteiger partial charge in [0.1, 0.15) is 0 Å². The van der Waals surface area contributed by atoms with E-state index in [1.165, 1.54) is 0 Å². The van der Waals surface area contributed by atoms with Gasteiger partial charge < -0.3 is 20.6 Å². The van der Waals surface area contributed by atoms with Crippen LogP contribution in [0.4, 0.5) is 0 Å². The van der Waals surface area contributed by atoms with Gasteiger partial charge in [-0.1, -0.05) is 19.3 Å². The molecule has 0 aromatic carbocycles. The number of carbonyl (C=O) groups excluding carboxylic acids is 1. The van der Waals surface area contributed by atoms with Gasteiger partial charge in [-0.05, 0) is 37.0 Å². The van der Waals surface area contributed by atoms with Gasteiger partial charge in [0, 0.05) is 5.92 Å². The van der Waals surface area contributed by atoms with Gasteiger partial charge in [-0.2, -0.15) is 0 Å². The van der Waals surface area contributed by atoms with Gasteiger partial charge >= 0.3 is 21.1 Å². The molecule has 1 N–H and O–H groups in total. The molecule has 1 amide bonds. The Bertz CT molecular complexity index is 374. The number of aliphatic hydroxyl groups is 1. The summed E-state index contributed by atoms with van der Waals surface area (Å²) in [6.07, 6.45) is 3.19. The first-order valence-electron chi connectivity index (χ1n) is 6.59. The Balaban J connectivity index is 0.00000120. The van der Waals surface area contributed by atoms with Crippen molar-refractivity contribution in [2.24, 2.45) is 29.6 Å². The van der Waals surface area contributed by atoms with E-state index in [2.05, 4.69) is 12.2 Å². The van der Waals surface area contributed by atoms with Gasteiger partial charge in [0.15, 0.2) is 0 Å². The molecule has 0 bridgehead atoms. The van der Waals surface area contributed by atoms with Crippen molar-refractivity contribution < 1.29 is 31.0 Å². The van der Waals surface area contributed by atoms with Crippen LogP contribution in [0, 0.1) is 29.6 Å². The number of carbonyl (C=O) groups is 1. The van der Waals surface area contributed by atoms with E-state index >= 15 is 0 Å². The number of hydrogen-bond donors (Lipinski definition) is 1. The first kappa shape index (κ1) is 14.2. The van der Waals surface area contributed by atoms with Crippen molar-refractivity contribution in [2.45, 2.75) is 38.7 Å². The molecule has 6 unspecified atom stereocenters. The summed E-state index contributed by atoms with van der Waals surface area (Å²) in [5.41, 5.74) is 0. The minimum absolute atomic E-state index is 0. The summed E-state index contributed by atoms with van der Waals surface area (Å²) in [4.78, 5) is 11.8. The van der Waals surface area contributed by atoms with Crippen LogP contribution in [0.2, 0.25) is 0 Å². The van der Waals surface area contributed by atoms with E-state index in [-0.39, 0.29) is 62.6 Å². The summed E-state index contributed by atoms with van der Waals surface area (Å²) in [6.45, 7) is 2.07. The second-order valence-electron chi connectivity index (χ2n) is 5.86. The maximum Gasteiger partial charge on any atom is 2.00 e. The molecule has 0 radical (unpaired) electrons. The number of rotatable bonds is 0. The molecule has 1 aliphatic heterocycles. The molecule has 0 aromatic rings. The number of amidine groups is 1. The maximum atomic E-state index is 11.8. The molecule has 0 aromatic heterocycles. The Labute approximate surface area is 122 Å². The third-order valence-electron chi connectivity index (χ3n) is 5.13. The third kappa shape index (κ3) is 1.98. The molecule has 0 spiro atoms. The Morgan fingerprint density at radius 1 is 1.33 bits per heavy atom. The molecule has 2 saturated carbocycles. The molecule has 2 aliphatic carbocycles. The van der Waals surface area contributed by atoms with E-state index in [1.807, 2.05) is 0 Å². The minimum Gasteiger partial charge on any atom is -0.828 e. The fraction of sp³-hybridized carbons (Fsp3) is 0.846. The first-order chi connectivity index (χ1) is 8.09. The minimum atomic E-state index is -0.370. The van der Waals surface area contributed by atoms with Crippen LogP contribution in [0.5, 0.6) is 0 Å². The van der Waals surface area contributed by atoms with E-state index in [1.54, 1.807) is 0 Å². The summed E-state index contributed by atoms with van der Waals surface area (Å²) in [5.74, 6) is 0.541. The second-order valence-corrected chi connectivity index (χ2v) is 5.86. The molecule has 98 valence electrons. The van der Waals surface area contributed by atoms with Crippen molar-refractivity contribution in [1.82, 2.24) is 0 Å². The largest absolute Gasteiger partial charge is 2.00 e. The van der Waals surface area contributed by atoms with E-state index in [9.17, 15) is 15.3 Å². The van der Waals surface area contributed by atoms with Gasteiger partial charge in [0.05, 0.1) is 12.0 Å². The van der Waals surface area contributed by atoms with Gasteiger partial charge in [-0.25, -0.2) is 0 Å². The predicted octanol–water partition coefficient (Wildman–Crippen LogP) is 1.92. The Morgan fingerprint density at radius 3 is 2.78 bits per heavy atom. The Hall–Kier alpha value is -0.212. The number of nitrogens with zero attached hydrogens (tertiary/aromatic N) is 2. The van der Waals surface area contributed by atoms with Gasteiger partial charge in [0.25, 0.3) is 0 Å². The van der Waals surface area contributed by atoms with Crippen LogP contribution in [0.3, 0.4) is 0 Å². The Morgan fingerprint density at radius 2 is 2.06 bits per heavy atom. The number of aliphatic hydroxyl groups excluding tert-OH is 1. The zero-order valence-corrected chi connectivity index (χ0v) is 13.4. The second kappa shape index (κ2) is 5.05. The molecule has 5 heteroatoms. The van der Waals surface area contributed by atoms with Crippen LogP contribution in [-0.2, 0) is 25.9 Å². The molecular weight excluding hydrogens is 400 g/mol. The molecule has 18 heavy (non-hydrogen) atoms. The van der Waals surface area contributed by atoms with Crippen molar-refractivity contribution in [2.75, 3.05) is 0 Å². The fourth-order valence-electron chi connectivity index (χ4n) is 4.21. The normalized spacial score (nSPS) is 46.8. The molecule has 3 rings (SSSR count). The third-order valence-corrected chi connectivity index (χ3v) is 5.13. The van der Waals surface area contributed by atoms with Crippen LogP contribution in [0.15, 0.2) is 0 Å². The van der Waals surface area contributed by atoms with E-state index < -0.39 is 0 Å². The van der Waals surface area contributed by atoms with Gasteiger partial charge in [0.2, 0.25) is 0 Å². The molecule has 1 heterocycles. The monoisotopic (exact) mass is 418 g/mol. The summed E-state index contributed by atoms with van der Waals surface area (Å²) in [5, 5.41) is 23.7. The average molecular weight is 418 g/mol. The van der Waals surface area contributed by atoms with Crippen molar-refractivity contribution in [1.29, 1.82) is 0 Å². The average Bonchev–Trinajstić information content (AvgIpc) is 2.31. The molecule has 6 atom stereocenters. The van der Waals surface area contributed by atoms with Crippen LogP contribution >= 0.6 is 0 Å². The first-order valence-corrected chi connectivity index (χ1v) is 6.59. The Kier molecular flexibility index (Phi) is 3.98. The van der Waals surface area contributed by atoms with Crippen LogP contribution in [0.1, 0.15) is 32.6 Å². The summed E-state index contributed by atoms with van der Waals surface area (Å²) in [7, 11) is 0. The maximum absolute atomic E-state index is 11.8. The van der Waals surface area contributed by atoms with Crippen molar-refractivity contribution in [3.63, 3.8) is 0 Å². The summed E-state index contributed by atoms with van der Waals surface area (Å²) >= 11 is 0. The van der Waals surface area contributed by atoms with Crippen molar-refractivity contribution in [3.8, 4) is 0 Å². The zero-order valence-electron chi connectivity index (χ0n) is 10.5. The van der Waals surface area contributed by atoms with E-state index in [0.717, 1.165) is 19.3 Å². The number of amides is 1. The predicted molar refractivity (Wildman–Crippen MR) is 64.3 cm³/mol. The topological polar surface area (TPSA) is 73.7 Å². The standard InChI is InChI=1S/C13H19N2O2.W/c1-6-7-3-2-4-8-11(7)9(5-10(6)16)12(14)15-13(8)17;/h6-11,16H,2-5H2,1H3,(H-,14,15,17);/q-1;+2/p-1. The molecule has 1 saturated heterocycles. The van der Waals surface area contributed by atoms with Crippen LogP contribution in [0.25, 0.3) is 10.7 Å². The van der Waals surface area contributed by atoms with Gasteiger partial charge in [-0.3, -0.25) is 5.84 Å². The van der Waals surface area contributed by atoms with Gasteiger partial charge in [-0.15, -0.1) is 0 Å². The molecule has 4 nitrogen and oxygen atoms in total. The summed E-state index contributed by atoms with van der Waals surface area (Å²) in [6, 6.07) is 0. The molecule has 3 fully saturated rings. The van der Waals surface area contributed by atoms with E-state index in [4.69, 9.17) is 0 Å². The summed E-state index contributed by atoms with van der Waals surface area (Å²) < 4.78 is 0. The number of hydrogen-bond acceptors (Lipinski definition) is 2. The SMILES string of the molecule is CC1C(O)CC2C(=[N-])[N-]C(=O)C3CCCC1C23.[W+2]. The zero-order chi connectivity index (χ0) is 12.2. The van der Waals surface area contributed by atoms with Crippen molar-refractivity contribution >= 4 is 11.7 Å². The van der Waals surface area contributed by atoms with E-state index in [0.29, 0.717) is 12.3 Å². The van der Waals surface area contributed by atoms with Crippen LogP contribution in [-0.4, -0.2) is 23.0 Å².